The van der Waals surface area contributed by atoms with Crippen molar-refractivity contribution < 1.29 is 4.79 Å². The predicted octanol–water partition coefficient (Wildman–Crippen LogP) is 0.690. The van der Waals surface area contributed by atoms with Crippen molar-refractivity contribution in [3.05, 3.63) is 12.7 Å². The van der Waals surface area contributed by atoms with Crippen LogP contribution in [0.5, 0.6) is 0 Å². The van der Waals surface area contributed by atoms with E-state index in [-0.39, 0.29) is 17.9 Å². The van der Waals surface area contributed by atoms with Crippen LogP contribution in [0.4, 0.5) is 0 Å². The van der Waals surface area contributed by atoms with Gasteiger partial charge in [-0.3, -0.25) is 9.69 Å². The zero-order chi connectivity index (χ0) is 12.8. The van der Waals surface area contributed by atoms with Crippen LogP contribution in [0.2, 0.25) is 0 Å². The first-order valence-electron chi connectivity index (χ1n) is 6.47. The minimum Gasteiger partial charge on any atom is -0.339 e. The quantitative estimate of drug-likeness (QED) is 0.718. The van der Waals surface area contributed by atoms with Gasteiger partial charge in [-0.2, -0.15) is 0 Å². The molecule has 0 aromatic carbocycles. The molecular formula is C13H25N3O. The smallest absolute Gasteiger partial charge is 0.239 e. The summed E-state index contributed by atoms with van der Waals surface area (Å²) in [6.45, 7) is 12.2. The van der Waals surface area contributed by atoms with Gasteiger partial charge in [0.2, 0.25) is 5.91 Å². The highest BCUT2D eigenvalue weighted by Crippen LogP contribution is 2.10. The van der Waals surface area contributed by atoms with E-state index in [1.54, 1.807) is 0 Å². The van der Waals surface area contributed by atoms with Gasteiger partial charge in [-0.05, 0) is 5.92 Å². The Morgan fingerprint density at radius 2 is 2.00 bits per heavy atom. The van der Waals surface area contributed by atoms with Gasteiger partial charge in [-0.25, -0.2) is 0 Å². The summed E-state index contributed by atoms with van der Waals surface area (Å²) in [5, 5.41) is 0. The summed E-state index contributed by atoms with van der Waals surface area (Å²) in [5.41, 5.74) is 5.97. The number of nitrogens with zero attached hydrogens (tertiary/aromatic N) is 2. The number of hydrogen-bond donors (Lipinski definition) is 1. The molecule has 2 N–H and O–H groups in total. The van der Waals surface area contributed by atoms with Crippen LogP contribution in [-0.2, 0) is 4.79 Å². The highest BCUT2D eigenvalue weighted by molar-refractivity contribution is 5.82. The van der Waals surface area contributed by atoms with E-state index < -0.39 is 0 Å². The summed E-state index contributed by atoms with van der Waals surface area (Å²) in [4.78, 5) is 16.3. The van der Waals surface area contributed by atoms with E-state index in [1.807, 2.05) is 17.9 Å². The Labute approximate surface area is 104 Å². The number of piperazine rings is 1. The maximum Gasteiger partial charge on any atom is 0.239 e. The van der Waals surface area contributed by atoms with Crippen LogP contribution in [0.1, 0.15) is 20.3 Å². The van der Waals surface area contributed by atoms with Gasteiger partial charge in [0.1, 0.15) is 0 Å². The Morgan fingerprint density at radius 1 is 1.41 bits per heavy atom. The van der Waals surface area contributed by atoms with Crippen molar-refractivity contribution in [1.29, 1.82) is 0 Å². The Kier molecular flexibility index (Phi) is 5.65. The molecule has 1 heterocycles. The summed E-state index contributed by atoms with van der Waals surface area (Å²) >= 11 is 0. The first-order valence-corrected chi connectivity index (χ1v) is 6.47. The average molecular weight is 239 g/mol. The molecular weight excluding hydrogens is 214 g/mol. The second kappa shape index (κ2) is 6.77. The molecule has 0 aliphatic carbocycles. The largest absolute Gasteiger partial charge is 0.339 e. The van der Waals surface area contributed by atoms with Crippen molar-refractivity contribution in [1.82, 2.24) is 9.80 Å². The maximum atomic E-state index is 12.1. The zero-order valence-corrected chi connectivity index (χ0v) is 11.1. The van der Waals surface area contributed by atoms with E-state index in [9.17, 15) is 4.79 Å². The van der Waals surface area contributed by atoms with Crippen LogP contribution in [0.15, 0.2) is 12.7 Å². The second-order valence-corrected chi connectivity index (χ2v) is 4.83. The molecule has 17 heavy (non-hydrogen) atoms. The number of carbonyl (C=O) groups is 1. The Bertz CT molecular complexity index is 259. The van der Waals surface area contributed by atoms with Crippen LogP contribution in [0, 0.1) is 5.92 Å². The minimum absolute atomic E-state index is 0.109. The SMILES string of the molecule is C=CCN1CCN(C(=O)[C@@H](N)C(C)CC)CC1. The zero-order valence-electron chi connectivity index (χ0n) is 11.1. The van der Waals surface area contributed by atoms with Crippen LogP contribution in [-0.4, -0.2) is 54.5 Å². The van der Waals surface area contributed by atoms with E-state index in [2.05, 4.69) is 18.4 Å². The molecule has 1 amide bonds. The lowest BCUT2D eigenvalue weighted by atomic mass is 9.98. The number of amides is 1. The van der Waals surface area contributed by atoms with Crippen LogP contribution < -0.4 is 5.73 Å². The predicted molar refractivity (Wildman–Crippen MR) is 70.6 cm³/mol. The fraction of sp³-hybridized carbons (Fsp3) is 0.769. The van der Waals surface area contributed by atoms with E-state index in [0.29, 0.717) is 0 Å². The molecule has 4 nitrogen and oxygen atoms in total. The van der Waals surface area contributed by atoms with Gasteiger partial charge in [0.15, 0.2) is 0 Å². The second-order valence-electron chi connectivity index (χ2n) is 4.83. The van der Waals surface area contributed by atoms with Crippen molar-refractivity contribution in [3.8, 4) is 0 Å². The summed E-state index contributed by atoms with van der Waals surface area (Å²) in [6.07, 6.45) is 2.85. The molecule has 1 rings (SSSR count). The molecule has 0 saturated carbocycles. The Morgan fingerprint density at radius 3 is 2.47 bits per heavy atom. The van der Waals surface area contributed by atoms with Crippen molar-refractivity contribution >= 4 is 5.91 Å². The lowest BCUT2D eigenvalue weighted by Gasteiger charge is -2.36. The molecule has 0 aromatic rings. The molecule has 1 unspecified atom stereocenters. The van der Waals surface area contributed by atoms with Crippen LogP contribution >= 0.6 is 0 Å². The van der Waals surface area contributed by atoms with Gasteiger partial charge < -0.3 is 10.6 Å². The fourth-order valence-corrected chi connectivity index (χ4v) is 2.04. The Hall–Kier alpha value is -0.870. The third-order valence-electron chi connectivity index (χ3n) is 3.61. The van der Waals surface area contributed by atoms with Gasteiger partial charge in [0, 0.05) is 32.7 Å². The molecule has 2 atom stereocenters. The topological polar surface area (TPSA) is 49.6 Å². The van der Waals surface area contributed by atoms with Gasteiger partial charge in [-0.15, -0.1) is 6.58 Å². The van der Waals surface area contributed by atoms with Crippen molar-refractivity contribution in [2.24, 2.45) is 11.7 Å². The van der Waals surface area contributed by atoms with E-state index in [0.717, 1.165) is 39.1 Å². The summed E-state index contributed by atoms with van der Waals surface area (Å²) in [7, 11) is 0. The van der Waals surface area contributed by atoms with E-state index in [4.69, 9.17) is 5.73 Å². The average Bonchev–Trinajstić information content (AvgIpc) is 2.37. The molecule has 0 radical (unpaired) electrons. The van der Waals surface area contributed by atoms with Gasteiger partial charge in [0.25, 0.3) is 0 Å². The normalized spacial score (nSPS) is 21.0. The van der Waals surface area contributed by atoms with Gasteiger partial charge in [-0.1, -0.05) is 26.3 Å². The lowest BCUT2D eigenvalue weighted by Crippen LogP contribution is -2.54. The number of hydrogen-bond acceptors (Lipinski definition) is 3. The first kappa shape index (κ1) is 14.2. The third-order valence-corrected chi connectivity index (χ3v) is 3.61. The molecule has 0 aromatic heterocycles. The number of carbonyl (C=O) groups excluding carboxylic acids is 1. The molecule has 98 valence electrons. The first-order chi connectivity index (χ1) is 8.10. The molecule has 1 aliphatic heterocycles. The minimum atomic E-state index is -0.342. The molecule has 1 aliphatic rings. The van der Waals surface area contributed by atoms with Crippen molar-refractivity contribution in [2.45, 2.75) is 26.3 Å². The van der Waals surface area contributed by atoms with Crippen LogP contribution in [0.3, 0.4) is 0 Å². The molecule has 0 spiro atoms. The van der Waals surface area contributed by atoms with E-state index in [1.165, 1.54) is 0 Å². The third kappa shape index (κ3) is 3.82. The molecule has 4 heteroatoms. The fourth-order valence-electron chi connectivity index (χ4n) is 2.04. The highest BCUT2D eigenvalue weighted by Gasteiger charge is 2.27. The standard InChI is InChI=1S/C13H25N3O/c1-4-6-15-7-9-16(10-8-15)13(17)12(14)11(3)5-2/h4,11-12H,1,5-10,14H2,2-3H3/t11?,12-/m0/s1. The maximum absolute atomic E-state index is 12.1. The molecule has 1 saturated heterocycles. The highest BCUT2D eigenvalue weighted by atomic mass is 16.2. The molecule has 1 fully saturated rings. The van der Waals surface area contributed by atoms with Gasteiger partial charge in [0.05, 0.1) is 6.04 Å². The Balaban J connectivity index is 2.42. The summed E-state index contributed by atoms with van der Waals surface area (Å²) in [6, 6.07) is -0.342. The lowest BCUT2D eigenvalue weighted by molar-refractivity contribution is -0.135. The van der Waals surface area contributed by atoms with Crippen LogP contribution in [0.25, 0.3) is 0 Å². The monoisotopic (exact) mass is 239 g/mol. The number of nitrogens with two attached hydrogens (primary N) is 1. The van der Waals surface area contributed by atoms with E-state index >= 15 is 0 Å². The summed E-state index contributed by atoms with van der Waals surface area (Å²) in [5.74, 6) is 0.367. The molecule has 0 bridgehead atoms. The van der Waals surface area contributed by atoms with Crippen molar-refractivity contribution in [2.75, 3.05) is 32.7 Å². The van der Waals surface area contributed by atoms with Crippen molar-refractivity contribution in [3.63, 3.8) is 0 Å². The van der Waals surface area contributed by atoms with Gasteiger partial charge >= 0.3 is 0 Å². The number of rotatable bonds is 5. The summed E-state index contributed by atoms with van der Waals surface area (Å²) < 4.78 is 0.